The molecule has 0 aliphatic rings. The van der Waals surface area contributed by atoms with E-state index in [0.717, 1.165) is 11.0 Å². The third kappa shape index (κ3) is 5.42. The van der Waals surface area contributed by atoms with E-state index in [1.165, 1.54) is 6.33 Å². The Morgan fingerprint density at radius 2 is 1.84 bits per heavy atom. The van der Waals surface area contributed by atoms with Gasteiger partial charge in [-0.25, -0.2) is 9.97 Å². The van der Waals surface area contributed by atoms with Crippen molar-refractivity contribution in [1.82, 2.24) is 15.3 Å². The van der Waals surface area contributed by atoms with E-state index >= 15 is 0 Å². The van der Waals surface area contributed by atoms with Crippen molar-refractivity contribution in [2.24, 2.45) is 0 Å². The molecule has 0 saturated heterocycles. The highest BCUT2D eigenvalue weighted by atomic mass is 79.9. The second kappa shape index (κ2) is 6.70. The number of carbonyl (C=O) groups is 1. The molecule has 1 aromatic rings. The lowest BCUT2D eigenvalue weighted by Crippen LogP contribution is -2.43. The lowest BCUT2D eigenvalue weighted by molar-refractivity contribution is -0.120. The van der Waals surface area contributed by atoms with Gasteiger partial charge in [0.25, 0.3) is 0 Å². The van der Waals surface area contributed by atoms with Crippen LogP contribution < -0.4 is 16.0 Å². The van der Waals surface area contributed by atoms with Gasteiger partial charge in [-0.3, -0.25) is 4.79 Å². The molecule has 7 heteroatoms. The van der Waals surface area contributed by atoms with Gasteiger partial charge in [0.2, 0.25) is 5.91 Å². The van der Waals surface area contributed by atoms with Crippen LogP contribution in [-0.2, 0) is 4.79 Å². The standard InChI is InChI=1S/C12H20BrN5O/c1-5-14-10-9(13)11(17-7-16-10)15-6-8(19)18-12(2,3)4/h7H,5-6H2,1-4H3,(H,18,19)(H2,14,15,16,17). The minimum atomic E-state index is -0.239. The molecule has 6 nitrogen and oxygen atoms in total. The molecule has 1 aromatic heterocycles. The summed E-state index contributed by atoms with van der Waals surface area (Å²) in [6.07, 6.45) is 1.45. The highest BCUT2D eigenvalue weighted by Crippen LogP contribution is 2.25. The molecule has 0 saturated carbocycles. The minimum absolute atomic E-state index is 0.0805. The number of aromatic nitrogens is 2. The van der Waals surface area contributed by atoms with Gasteiger partial charge in [0, 0.05) is 12.1 Å². The van der Waals surface area contributed by atoms with Crippen molar-refractivity contribution in [2.75, 3.05) is 23.7 Å². The lowest BCUT2D eigenvalue weighted by Gasteiger charge is -2.20. The summed E-state index contributed by atoms with van der Waals surface area (Å²) in [5, 5.41) is 8.96. The molecule has 1 rings (SSSR count). The van der Waals surface area contributed by atoms with Gasteiger partial charge in [0.15, 0.2) is 0 Å². The highest BCUT2D eigenvalue weighted by Gasteiger charge is 2.14. The minimum Gasteiger partial charge on any atom is -0.369 e. The molecule has 0 radical (unpaired) electrons. The van der Waals surface area contributed by atoms with E-state index in [0.29, 0.717) is 11.6 Å². The van der Waals surface area contributed by atoms with Crippen molar-refractivity contribution < 1.29 is 4.79 Å². The number of carbonyl (C=O) groups excluding carboxylic acids is 1. The number of hydrogen-bond donors (Lipinski definition) is 3. The fraction of sp³-hybridized carbons (Fsp3) is 0.583. The molecular formula is C12H20BrN5O. The molecular weight excluding hydrogens is 310 g/mol. The van der Waals surface area contributed by atoms with E-state index in [9.17, 15) is 4.79 Å². The Morgan fingerprint density at radius 3 is 2.37 bits per heavy atom. The molecule has 0 aliphatic heterocycles. The third-order valence-corrected chi connectivity index (χ3v) is 2.82. The van der Waals surface area contributed by atoms with Crippen LogP contribution in [0.1, 0.15) is 27.7 Å². The average Bonchev–Trinajstić information content (AvgIpc) is 2.28. The Labute approximate surface area is 121 Å². The maximum atomic E-state index is 11.7. The van der Waals surface area contributed by atoms with Crippen molar-refractivity contribution in [1.29, 1.82) is 0 Å². The van der Waals surface area contributed by atoms with E-state index in [1.807, 2.05) is 27.7 Å². The predicted octanol–water partition coefficient (Wildman–Crippen LogP) is 2.00. The fourth-order valence-corrected chi connectivity index (χ4v) is 1.90. The van der Waals surface area contributed by atoms with E-state index in [4.69, 9.17) is 0 Å². The van der Waals surface area contributed by atoms with Gasteiger partial charge < -0.3 is 16.0 Å². The van der Waals surface area contributed by atoms with E-state index in [1.54, 1.807) is 0 Å². The van der Waals surface area contributed by atoms with Crippen molar-refractivity contribution in [3.8, 4) is 0 Å². The first kappa shape index (κ1) is 15.7. The zero-order valence-corrected chi connectivity index (χ0v) is 13.3. The van der Waals surface area contributed by atoms with Crippen molar-refractivity contribution >= 4 is 33.5 Å². The van der Waals surface area contributed by atoms with Crippen molar-refractivity contribution in [3.63, 3.8) is 0 Å². The van der Waals surface area contributed by atoms with Gasteiger partial charge in [-0.2, -0.15) is 0 Å². The van der Waals surface area contributed by atoms with Gasteiger partial charge in [0.1, 0.15) is 22.4 Å². The number of halogens is 1. The topological polar surface area (TPSA) is 78.9 Å². The van der Waals surface area contributed by atoms with Crippen molar-refractivity contribution in [3.05, 3.63) is 10.8 Å². The first-order valence-corrected chi connectivity index (χ1v) is 6.92. The quantitative estimate of drug-likeness (QED) is 0.770. The lowest BCUT2D eigenvalue weighted by atomic mass is 10.1. The second-order valence-electron chi connectivity index (χ2n) is 5.07. The molecule has 0 unspecified atom stereocenters. The first-order valence-electron chi connectivity index (χ1n) is 6.12. The molecule has 0 aromatic carbocycles. The molecule has 19 heavy (non-hydrogen) atoms. The smallest absolute Gasteiger partial charge is 0.239 e. The summed E-state index contributed by atoms with van der Waals surface area (Å²) >= 11 is 3.41. The first-order chi connectivity index (χ1) is 8.83. The van der Waals surface area contributed by atoms with Crippen LogP contribution in [-0.4, -0.2) is 34.5 Å². The number of hydrogen-bond acceptors (Lipinski definition) is 5. The van der Waals surface area contributed by atoms with E-state index < -0.39 is 0 Å². The molecule has 0 spiro atoms. The van der Waals surface area contributed by atoms with Crippen LogP contribution in [0.25, 0.3) is 0 Å². The molecule has 1 amide bonds. The molecule has 0 aliphatic carbocycles. The molecule has 1 heterocycles. The molecule has 0 fully saturated rings. The summed E-state index contributed by atoms with van der Waals surface area (Å²) in [7, 11) is 0. The summed E-state index contributed by atoms with van der Waals surface area (Å²) in [6.45, 7) is 8.73. The second-order valence-corrected chi connectivity index (χ2v) is 5.86. The number of nitrogens with zero attached hydrogens (tertiary/aromatic N) is 2. The van der Waals surface area contributed by atoms with Crippen LogP contribution in [0, 0.1) is 0 Å². The Bertz CT molecular complexity index is 444. The highest BCUT2D eigenvalue weighted by molar-refractivity contribution is 9.10. The fourth-order valence-electron chi connectivity index (χ4n) is 1.41. The van der Waals surface area contributed by atoms with Gasteiger partial charge in [-0.05, 0) is 43.6 Å². The summed E-state index contributed by atoms with van der Waals surface area (Å²) in [5.74, 6) is 1.22. The van der Waals surface area contributed by atoms with Crippen LogP contribution in [0.3, 0.4) is 0 Å². The maximum absolute atomic E-state index is 11.7. The molecule has 3 N–H and O–H groups in total. The summed E-state index contributed by atoms with van der Waals surface area (Å²) in [4.78, 5) is 19.9. The monoisotopic (exact) mass is 329 g/mol. The SMILES string of the molecule is CCNc1ncnc(NCC(=O)NC(C)(C)C)c1Br. The summed E-state index contributed by atoms with van der Waals surface area (Å²) < 4.78 is 0.723. The normalized spacial score (nSPS) is 11.0. The average molecular weight is 330 g/mol. The van der Waals surface area contributed by atoms with Crippen LogP contribution in [0.4, 0.5) is 11.6 Å². The summed E-state index contributed by atoms with van der Waals surface area (Å²) in [5.41, 5.74) is -0.239. The van der Waals surface area contributed by atoms with Gasteiger partial charge in [-0.15, -0.1) is 0 Å². The number of nitrogens with one attached hydrogen (secondary N) is 3. The van der Waals surface area contributed by atoms with E-state index in [2.05, 4.69) is 41.8 Å². The van der Waals surface area contributed by atoms with E-state index in [-0.39, 0.29) is 18.0 Å². The van der Waals surface area contributed by atoms with Crippen molar-refractivity contribution in [2.45, 2.75) is 33.2 Å². The van der Waals surface area contributed by atoms with Gasteiger partial charge in [0.05, 0.1) is 6.54 Å². The zero-order chi connectivity index (χ0) is 14.5. The third-order valence-electron chi connectivity index (χ3n) is 2.06. The summed E-state index contributed by atoms with van der Waals surface area (Å²) in [6, 6.07) is 0. The Morgan fingerprint density at radius 1 is 1.26 bits per heavy atom. The number of amides is 1. The maximum Gasteiger partial charge on any atom is 0.239 e. The Hall–Kier alpha value is -1.37. The molecule has 106 valence electrons. The number of rotatable bonds is 5. The van der Waals surface area contributed by atoms with Crippen LogP contribution in [0.15, 0.2) is 10.8 Å². The zero-order valence-electron chi connectivity index (χ0n) is 11.7. The Balaban J connectivity index is 2.63. The van der Waals surface area contributed by atoms with Gasteiger partial charge in [-0.1, -0.05) is 0 Å². The molecule has 0 bridgehead atoms. The largest absolute Gasteiger partial charge is 0.369 e. The number of anilines is 2. The van der Waals surface area contributed by atoms with Gasteiger partial charge >= 0.3 is 0 Å². The van der Waals surface area contributed by atoms with Crippen LogP contribution >= 0.6 is 15.9 Å². The molecule has 0 atom stereocenters. The predicted molar refractivity (Wildman–Crippen MR) is 80.3 cm³/mol. The van der Waals surface area contributed by atoms with Crippen LogP contribution in [0.5, 0.6) is 0 Å². The van der Waals surface area contributed by atoms with Crippen LogP contribution in [0.2, 0.25) is 0 Å². The Kier molecular flexibility index (Phi) is 5.53.